The number of aliphatic carboxylic acids is 1. The number of unbranched alkanes of at least 4 members (excludes halogenated alkanes) is 15. The van der Waals surface area contributed by atoms with Crippen molar-refractivity contribution < 1.29 is 9.90 Å². The Kier molecular flexibility index (Phi) is 20.8. The first-order chi connectivity index (χ1) is 13.7. The van der Waals surface area contributed by atoms with Gasteiger partial charge in [-0.1, -0.05) is 136 Å². The summed E-state index contributed by atoms with van der Waals surface area (Å²) in [5, 5.41) is 9.64. The van der Waals surface area contributed by atoms with E-state index in [0.717, 1.165) is 25.7 Å². The normalized spacial score (nSPS) is 13.5. The van der Waals surface area contributed by atoms with E-state index in [9.17, 15) is 9.90 Å². The Bertz CT molecular complexity index is 326. The quantitative estimate of drug-likeness (QED) is 0.185. The number of carboxylic acids is 1. The Morgan fingerprint density at radius 1 is 0.571 bits per heavy atom. The standard InChI is InChI=1S/C26H52O2/c1-4-7-9-10-11-12-13-14-15-16-17-18-19-21-23-25(26(27)28)24(6-3)22-20-8-5-2/h24-25H,4-23H2,1-3H3,(H,27,28). The third-order valence-corrected chi connectivity index (χ3v) is 6.46. The van der Waals surface area contributed by atoms with Gasteiger partial charge >= 0.3 is 5.97 Å². The van der Waals surface area contributed by atoms with Crippen LogP contribution in [-0.4, -0.2) is 11.1 Å². The fourth-order valence-electron chi connectivity index (χ4n) is 4.47. The van der Waals surface area contributed by atoms with Gasteiger partial charge in [-0.2, -0.15) is 0 Å². The summed E-state index contributed by atoms with van der Waals surface area (Å²) in [6.45, 7) is 6.66. The number of hydrogen-bond acceptors (Lipinski definition) is 1. The van der Waals surface area contributed by atoms with Crippen molar-refractivity contribution in [3.63, 3.8) is 0 Å². The molecule has 0 heterocycles. The maximum Gasteiger partial charge on any atom is 0.306 e. The first kappa shape index (κ1) is 27.5. The van der Waals surface area contributed by atoms with Crippen molar-refractivity contribution in [3.8, 4) is 0 Å². The van der Waals surface area contributed by atoms with Gasteiger partial charge < -0.3 is 5.11 Å². The van der Waals surface area contributed by atoms with Crippen molar-refractivity contribution in [3.05, 3.63) is 0 Å². The van der Waals surface area contributed by atoms with Crippen LogP contribution < -0.4 is 0 Å². The van der Waals surface area contributed by atoms with Crippen LogP contribution in [0.3, 0.4) is 0 Å². The van der Waals surface area contributed by atoms with Crippen molar-refractivity contribution in [2.75, 3.05) is 0 Å². The van der Waals surface area contributed by atoms with Gasteiger partial charge in [-0.3, -0.25) is 4.79 Å². The molecule has 2 atom stereocenters. The number of rotatable bonds is 22. The zero-order valence-electron chi connectivity index (χ0n) is 19.7. The molecule has 0 radical (unpaired) electrons. The summed E-state index contributed by atoms with van der Waals surface area (Å²) < 4.78 is 0. The fraction of sp³-hybridized carbons (Fsp3) is 0.962. The summed E-state index contributed by atoms with van der Waals surface area (Å²) >= 11 is 0. The highest BCUT2D eigenvalue weighted by atomic mass is 16.4. The molecule has 0 saturated heterocycles. The topological polar surface area (TPSA) is 37.3 Å². The molecule has 0 spiro atoms. The highest BCUT2D eigenvalue weighted by molar-refractivity contribution is 5.70. The monoisotopic (exact) mass is 396 g/mol. The zero-order chi connectivity index (χ0) is 20.9. The highest BCUT2D eigenvalue weighted by Crippen LogP contribution is 2.28. The first-order valence-electron chi connectivity index (χ1n) is 12.9. The third-order valence-electron chi connectivity index (χ3n) is 6.46. The predicted octanol–water partition coefficient (Wildman–Crippen LogP) is 9.17. The lowest BCUT2D eigenvalue weighted by Gasteiger charge is -2.22. The molecule has 0 fully saturated rings. The molecule has 2 unspecified atom stereocenters. The molecular formula is C26H52O2. The molecule has 0 rings (SSSR count). The molecule has 0 aromatic rings. The van der Waals surface area contributed by atoms with Gasteiger partial charge in [0.2, 0.25) is 0 Å². The SMILES string of the molecule is CCCCCCCCCCCCCCCCC(C(=O)O)C(CC)CCCCC. The first-order valence-corrected chi connectivity index (χ1v) is 12.9. The van der Waals surface area contributed by atoms with Crippen LogP contribution >= 0.6 is 0 Å². The lowest BCUT2D eigenvalue weighted by atomic mass is 9.82. The number of carbonyl (C=O) groups is 1. The average Bonchev–Trinajstić information content (AvgIpc) is 2.69. The van der Waals surface area contributed by atoms with Crippen molar-refractivity contribution in [1.82, 2.24) is 0 Å². The lowest BCUT2D eigenvalue weighted by Crippen LogP contribution is -2.23. The summed E-state index contributed by atoms with van der Waals surface area (Å²) in [6.07, 6.45) is 25.6. The molecule has 2 heteroatoms. The van der Waals surface area contributed by atoms with Crippen molar-refractivity contribution in [2.24, 2.45) is 11.8 Å². The van der Waals surface area contributed by atoms with Gasteiger partial charge in [0.1, 0.15) is 0 Å². The molecule has 2 nitrogen and oxygen atoms in total. The fourth-order valence-corrected chi connectivity index (χ4v) is 4.47. The van der Waals surface area contributed by atoms with E-state index in [-0.39, 0.29) is 5.92 Å². The van der Waals surface area contributed by atoms with E-state index in [1.807, 2.05) is 0 Å². The Balaban J connectivity index is 3.61. The maximum atomic E-state index is 11.7. The maximum absolute atomic E-state index is 11.7. The molecule has 0 aliphatic carbocycles. The summed E-state index contributed by atoms with van der Waals surface area (Å²) in [5.41, 5.74) is 0. The zero-order valence-corrected chi connectivity index (χ0v) is 19.7. The molecule has 0 aliphatic heterocycles. The van der Waals surface area contributed by atoms with Crippen molar-refractivity contribution >= 4 is 5.97 Å². The van der Waals surface area contributed by atoms with E-state index < -0.39 is 5.97 Å². The van der Waals surface area contributed by atoms with Gasteiger partial charge in [0.05, 0.1) is 5.92 Å². The highest BCUT2D eigenvalue weighted by Gasteiger charge is 2.25. The van der Waals surface area contributed by atoms with Crippen LogP contribution in [0.15, 0.2) is 0 Å². The second-order valence-electron chi connectivity index (χ2n) is 8.99. The molecular weight excluding hydrogens is 344 g/mol. The smallest absolute Gasteiger partial charge is 0.306 e. The van der Waals surface area contributed by atoms with Gasteiger partial charge in [-0.05, 0) is 18.8 Å². The second-order valence-corrected chi connectivity index (χ2v) is 8.99. The van der Waals surface area contributed by atoms with Gasteiger partial charge in [0, 0.05) is 0 Å². The van der Waals surface area contributed by atoms with E-state index in [2.05, 4.69) is 20.8 Å². The average molecular weight is 397 g/mol. The summed E-state index contributed by atoms with van der Waals surface area (Å²) in [7, 11) is 0. The largest absolute Gasteiger partial charge is 0.481 e. The van der Waals surface area contributed by atoms with Gasteiger partial charge in [0.25, 0.3) is 0 Å². The van der Waals surface area contributed by atoms with Crippen LogP contribution in [0.4, 0.5) is 0 Å². The number of hydrogen-bond donors (Lipinski definition) is 1. The molecule has 0 saturated carbocycles. The van der Waals surface area contributed by atoms with Crippen LogP contribution in [0.25, 0.3) is 0 Å². The van der Waals surface area contributed by atoms with Crippen LogP contribution in [0.5, 0.6) is 0 Å². The van der Waals surface area contributed by atoms with Crippen LogP contribution in [0.1, 0.15) is 149 Å². The summed E-state index contributed by atoms with van der Waals surface area (Å²) in [5.74, 6) is -0.289. The molecule has 0 aromatic carbocycles. The van der Waals surface area contributed by atoms with Crippen molar-refractivity contribution in [2.45, 2.75) is 149 Å². The number of carboxylic acid groups (broad SMARTS) is 1. The Labute approximate surface area is 177 Å². The minimum atomic E-state index is -0.557. The van der Waals surface area contributed by atoms with E-state index in [4.69, 9.17) is 0 Å². The molecule has 28 heavy (non-hydrogen) atoms. The van der Waals surface area contributed by atoms with Gasteiger partial charge in [-0.15, -0.1) is 0 Å². The van der Waals surface area contributed by atoms with E-state index in [1.54, 1.807) is 0 Å². The molecule has 0 aliphatic rings. The Hall–Kier alpha value is -0.530. The minimum Gasteiger partial charge on any atom is -0.481 e. The van der Waals surface area contributed by atoms with Crippen LogP contribution in [0.2, 0.25) is 0 Å². The predicted molar refractivity (Wildman–Crippen MR) is 124 cm³/mol. The summed E-state index contributed by atoms with van der Waals surface area (Å²) in [6, 6.07) is 0. The molecule has 0 amide bonds. The van der Waals surface area contributed by atoms with Gasteiger partial charge in [0.15, 0.2) is 0 Å². The van der Waals surface area contributed by atoms with Crippen LogP contribution in [0, 0.1) is 11.8 Å². The second kappa shape index (κ2) is 21.2. The Morgan fingerprint density at radius 3 is 1.32 bits per heavy atom. The van der Waals surface area contributed by atoms with Gasteiger partial charge in [-0.25, -0.2) is 0 Å². The van der Waals surface area contributed by atoms with Crippen LogP contribution in [-0.2, 0) is 4.79 Å². The molecule has 0 aromatic heterocycles. The Morgan fingerprint density at radius 2 is 0.929 bits per heavy atom. The third kappa shape index (κ3) is 16.4. The molecule has 0 bridgehead atoms. The molecule has 168 valence electrons. The van der Waals surface area contributed by atoms with E-state index in [0.29, 0.717) is 5.92 Å². The molecule has 1 N–H and O–H groups in total. The summed E-state index contributed by atoms with van der Waals surface area (Å²) in [4.78, 5) is 11.7. The van der Waals surface area contributed by atoms with E-state index in [1.165, 1.54) is 103 Å². The van der Waals surface area contributed by atoms with Crippen molar-refractivity contribution in [1.29, 1.82) is 0 Å². The minimum absolute atomic E-state index is 0.112. The lowest BCUT2D eigenvalue weighted by molar-refractivity contribution is -0.144. The van der Waals surface area contributed by atoms with E-state index >= 15 is 0 Å².